The molecule has 8 heterocycles. The zero-order valence-electron chi connectivity index (χ0n) is 50.8. The van der Waals surface area contributed by atoms with Gasteiger partial charge in [0.2, 0.25) is 0 Å². The molecule has 0 bridgehead atoms. The number of hydrogen-bond acceptors (Lipinski definition) is 16. The Morgan fingerprint density at radius 3 is 1.67 bits per heavy atom. The molecular formula is C65H66BrF6N17O2. The first-order valence-electron chi connectivity index (χ1n) is 29.1. The summed E-state index contributed by atoms with van der Waals surface area (Å²) in [6, 6.07) is 25.9. The predicted molar refractivity (Wildman–Crippen MR) is 341 cm³/mol. The zero-order chi connectivity index (χ0) is 64.7. The van der Waals surface area contributed by atoms with Crippen LogP contribution in [0.1, 0.15) is 59.7 Å². The number of benzene rings is 4. The number of nitrogens with one attached hydrogen (secondary N) is 2. The fraction of sp³-hybridized carbons (Fsp3) is 0.292. The minimum absolute atomic E-state index is 0.126. The fourth-order valence-corrected chi connectivity index (χ4v) is 10.8. The number of nitrogens with zero attached hydrogens (tertiary/aromatic N) is 14. The summed E-state index contributed by atoms with van der Waals surface area (Å²) < 4.78 is 87.4. The summed E-state index contributed by atoms with van der Waals surface area (Å²) in [5.74, 6) is 1.22. The number of pyridine rings is 2. The highest BCUT2D eigenvalue weighted by Gasteiger charge is 2.36. The van der Waals surface area contributed by atoms with Gasteiger partial charge in [0.25, 0.3) is 5.91 Å². The molecule has 0 unspecified atom stereocenters. The third-order valence-electron chi connectivity index (χ3n) is 15.8. The van der Waals surface area contributed by atoms with Crippen LogP contribution in [0.4, 0.5) is 49.4 Å². The Morgan fingerprint density at radius 2 is 1.11 bits per heavy atom. The van der Waals surface area contributed by atoms with Gasteiger partial charge in [-0.15, -0.1) is 0 Å². The molecule has 2 aliphatic rings. The number of likely N-dealkylation sites (N-methyl/N-ethyl adjacent to an activating group) is 2. The molecule has 19 nitrogen and oxygen atoms in total. The molecule has 91 heavy (non-hydrogen) atoms. The Morgan fingerprint density at radius 1 is 0.582 bits per heavy atom. The number of rotatable bonds is 13. The second-order valence-electron chi connectivity index (χ2n) is 22.5. The maximum atomic E-state index is 14.1. The first kappa shape index (κ1) is 64.9. The molecular weight excluding hydrogens is 1240 g/mol. The molecule has 0 saturated carbocycles. The number of nitrogen functional groups attached to an aromatic ring is 1. The van der Waals surface area contributed by atoms with Gasteiger partial charge in [-0.3, -0.25) is 38.7 Å². The van der Waals surface area contributed by atoms with Gasteiger partial charge in [-0.05, 0) is 116 Å². The molecule has 2 aliphatic heterocycles. The van der Waals surface area contributed by atoms with Crippen LogP contribution in [0.5, 0.6) is 0 Å². The maximum Gasteiger partial charge on any atom is 0.416 e. The Bertz CT molecular complexity index is 4230. The zero-order valence-corrected chi connectivity index (χ0v) is 52.4. The number of amides is 1. The lowest BCUT2D eigenvalue weighted by Gasteiger charge is -2.33. The summed E-state index contributed by atoms with van der Waals surface area (Å²) in [7, 11) is 7.62. The number of anilines is 4. The number of halogens is 7. The van der Waals surface area contributed by atoms with Crippen LogP contribution in [0.25, 0.3) is 44.8 Å². The summed E-state index contributed by atoms with van der Waals surface area (Å²) >= 11 is 3.36. The number of alkyl halides is 6. The van der Waals surface area contributed by atoms with E-state index in [-0.39, 0.29) is 42.1 Å². The lowest BCUT2D eigenvalue weighted by atomic mass is 9.97. The summed E-state index contributed by atoms with van der Waals surface area (Å²) in [6.45, 7) is 10.4. The molecule has 10 aromatic rings. The molecule has 2 fully saturated rings. The number of carbonyl (C=O) groups is 2. The number of Topliss-reactive ketones (excluding diaryl/α,β-unsaturated/α-hetero) is 1. The minimum atomic E-state index is -4.52. The van der Waals surface area contributed by atoms with E-state index < -0.39 is 29.4 Å². The number of aryl methyl sites for hydroxylation is 4. The molecule has 1 amide bonds. The second kappa shape index (κ2) is 28.0. The molecule has 12 rings (SSSR count). The van der Waals surface area contributed by atoms with E-state index in [1.165, 1.54) is 18.2 Å². The topological polar surface area (TPSA) is 210 Å². The third-order valence-corrected chi connectivity index (χ3v) is 16.7. The fourth-order valence-electron chi connectivity index (χ4n) is 10.4. The van der Waals surface area contributed by atoms with Gasteiger partial charge in [-0.2, -0.15) is 36.5 Å². The van der Waals surface area contributed by atoms with Crippen LogP contribution in [0.15, 0.2) is 139 Å². The van der Waals surface area contributed by atoms with E-state index in [2.05, 4.69) is 71.5 Å². The second-order valence-corrected chi connectivity index (χ2v) is 23.4. The van der Waals surface area contributed by atoms with Gasteiger partial charge < -0.3 is 26.2 Å². The van der Waals surface area contributed by atoms with Crippen LogP contribution in [-0.2, 0) is 46.0 Å². The maximum absolute atomic E-state index is 14.1. The lowest BCUT2D eigenvalue weighted by Crippen LogP contribution is -2.44. The number of aromatic nitrogens is 10. The highest BCUT2D eigenvalue weighted by atomic mass is 79.9. The average molecular weight is 1310 g/mol. The van der Waals surface area contributed by atoms with Gasteiger partial charge >= 0.3 is 12.4 Å². The van der Waals surface area contributed by atoms with E-state index in [9.17, 15) is 35.9 Å². The Hall–Kier alpha value is -9.08. The number of nitrogens with two attached hydrogens (primary N) is 1. The van der Waals surface area contributed by atoms with Crippen molar-refractivity contribution in [2.45, 2.75) is 45.7 Å². The van der Waals surface area contributed by atoms with Crippen LogP contribution in [-0.4, -0.2) is 147 Å². The van der Waals surface area contributed by atoms with Gasteiger partial charge in [0.05, 0.1) is 34.3 Å². The van der Waals surface area contributed by atoms with E-state index in [4.69, 9.17) is 10.7 Å². The van der Waals surface area contributed by atoms with Crippen molar-refractivity contribution >= 4 is 72.7 Å². The van der Waals surface area contributed by atoms with Gasteiger partial charge in [-0.25, -0.2) is 19.9 Å². The van der Waals surface area contributed by atoms with E-state index in [1.807, 2.05) is 63.0 Å². The Balaban J connectivity index is 0.000000168. The SMILES string of the molecule is Cc1ccc(C(=O)Cc2ccc(CN3CCN(C)CC3)c(C(F)(F)F)c2)cc1Nc1nc(-c2cccnc2)nc2c1cnn2C.Cc1ccc(C(=O)Nc2ccc(CN3CCN(C)CC3)c(C(F)(F)F)c2)cc1Br.Cn1ncc2c(N)nc(-c3cccnc3)nc21. The Labute approximate surface area is 529 Å². The van der Waals surface area contributed by atoms with Crippen molar-refractivity contribution in [3.05, 3.63) is 189 Å². The normalized spacial score (nSPS) is 14.4. The molecule has 0 spiro atoms. The summed E-state index contributed by atoms with van der Waals surface area (Å²) in [5, 5.41) is 15.8. The van der Waals surface area contributed by atoms with Crippen molar-refractivity contribution in [2.75, 3.05) is 82.8 Å². The van der Waals surface area contributed by atoms with Crippen LogP contribution in [0.2, 0.25) is 0 Å². The quantitative estimate of drug-likeness (QED) is 0.0724. The molecule has 6 aromatic heterocycles. The number of piperazine rings is 2. The highest BCUT2D eigenvalue weighted by Crippen LogP contribution is 2.37. The average Bonchev–Trinajstić information content (AvgIpc) is 2.17. The van der Waals surface area contributed by atoms with Gasteiger partial charge in [-0.1, -0.05) is 52.3 Å². The number of ketones is 1. The molecule has 26 heteroatoms. The first-order valence-corrected chi connectivity index (χ1v) is 29.9. The van der Waals surface area contributed by atoms with Crippen molar-refractivity contribution in [2.24, 2.45) is 14.1 Å². The van der Waals surface area contributed by atoms with Crippen LogP contribution in [0, 0.1) is 13.8 Å². The lowest BCUT2D eigenvalue weighted by molar-refractivity contribution is -0.139. The minimum Gasteiger partial charge on any atom is -0.383 e. The highest BCUT2D eigenvalue weighted by molar-refractivity contribution is 9.10. The summed E-state index contributed by atoms with van der Waals surface area (Å²) in [5.41, 5.74) is 11.5. The molecule has 4 N–H and O–H groups in total. The smallest absolute Gasteiger partial charge is 0.383 e. The summed E-state index contributed by atoms with van der Waals surface area (Å²) in [4.78, 5) is 60.5. The number of fused-ring (bicyclic) bond motifs is 2. The van der Waals surface area contributed by atoms with Gasteiger partial charge in [0.15, 0.2) is 28.7 Å². The van der Waals surface area contributed by atoms with Gasteiger partial charge in [0, 0.05) is 149 Å². The predicted octanol–water partition coefficient (Wildman–Crippen LogP) is 11.5. The van der Waals surface area contributed by atoms with E-state index >= 15 is 0 Å². The van der Waals surface area contributed by atoms with E-state index in [0.717, 1.165) is 89.2 Å². The van der Waals surface area contributed by atoms with Crippen molar-refractivity contribution in [3.8, 4) is 22.8 Å². The molecule has 0 aliphatic carbocycles. The number of hydrogen-bond donors (Lipinski definition) is 3. The van der Waals surface area contributed by atoms with Crippen molar-refractivity contribution in [1.29, 1.82) is 0 Å². The van der Waals surface area contributed by atoms with E-state index in [0.29, 0.717) is 69.8 Å². The molecule has 2 saturated heterocycles. The molecule has 0 radical (unpaired) electrons. The molecule has 0 atom stereocenters. The van der Waals surface area contributed by atoms with Crippen LogP contribution < -0.4 is 16.4 Å². The summed E-state index contributed by atoms with van der Waals surface area (Å²) in [6.07, 6.45) is 0.914. The van der Waals surface area contributed by atoms with Crippen LogP contribution >= 0.6 is 15.9 Å². The monoisotopic (exact) mass is 1310 g/mol. The van der Waals surface area contributed by atoms with Crippen molar-refractivity contribution < 1.29 is 35.9 Å². The molecule has 472 valence electrons. The third kappa shape index (κ3) is 16.1. The standard InChI is InChI=1S/C33H33F3N8O.C21H23BrF3N3O.C11H10N6/c1-21-6-8-23(17-28(21)39-31-26-19-38-43(3)32(26)41-30(40-31)24-5-4-10-37-18-24)29(45)16-22-7-9-25(27(15-22)33(34,35)36)20-44-13-11-42(2)12-14-44;1-14-3-4-15(11-19(14)22)20(29)26-17-6-5-16(18(12-17)21(23,24)25)13-28-9-7-27(2)8-10-28;1-17-11-8(6-14-17)9(12)15-10(16-11)7-3-2-4-13-5-7/h4-10,15,17-19H,11-14,16,20H2,1-3H3,(H,39,40,41);3-6,11-12H,7-10,13H2,1-2H3,(H,26,29);2-6H,1H3,(H2,12,15,16). The Kier molecular flexibility index (Phi) is 19.9. The van der Waals surface area contributed by atoms with Crippen molar-refractivity contribution in [1.82, 2.24) is 69.1 Å². The largest absolute Gasteiger partial charge is 0.416 e. The molecule has 4 aromatic carbocycles. The number of carbonyl (C=O) groups excluding carboxylic acids is 2. The van der Waals surface area contributed by atoms with Crippen molar-refractivity contribution in [3.63, 3.8) is 0 Å². The van der Waals surface area contributed by atoms with E-state index in [1.54, 1.807) is 102 Å². The van der Waals surface area contributed by atoms with Gasteiger partial charge in [0.1, 0.15) is 11.6 Å². The first-order chi connectivity index (χ1) is 43.4. The van der Waals surface area contributed by atoms with Crippen LogP contribution in [0.3, 0.4) is 0 Å².